The van der Waals surface area contributed by atoms with Gasteiger partial charge < -0.3 is 10.2 Å². The molecule has 3 aromatic rings. The minimum atomic E-state index is -3.67. The number of benzene rings is 3. The number of fused-ring (bicyclic) bond motifs is 2. The van der Waals surface area contributed by atoms with Crippen LogP contribution in [0.1, 0.15) is 22.3 Å². The van der Waals surface area contributed by atoms with Gasteiger partial charge >= 0.3 is 0 Å². The van der Waals surface area contributed by atoms with Gasteiger partial charge in [0.15, 0.2) is 0 Å². The van der Waals surface area contributed by atoms with Crippen LogP contribution in [-0.4, -0.2) is 55.6 Å². The van der Waals surface area contributed by atoms with Crippen molar-refractivity contribution >= 4 is 38.3 Å². The van der Waals surface area contributed by atoms with Crippen molar-refractivity contribution < 1.29 is 18.0 Å². The number of nitrogens with zero attached hydrogens (tertiary/aromatic N) is 2. The van der Waals surface area contributed by atoms with E-state index in [1.165, 1.54) is 10.4 Å². The Morgan fingerprint density at radius 3 is 2.38 bits per heavy atom. The third kappa shape index (κ3) is 3.76. The Labute approximate surface area is 186 Å². The van der Waals surface area contributed by atoms with Gasteiger partial charge in [-0.25, -0.2) is 8.42 Å². The zero-order valence-corrected chi connectivity index (χ0v) is 18.3. The van der Waals surface area contributed by atoms with E-state index in [0.29, 0.717) is 37.2 Å². The highest BCUT2D eigenvalue weighted by molar-refractivity contribution is 7.89. The van der Waals surface area contributed by atoms with E-state index in [1.807, 2.05) is 42.5 Å². The predicted octanol–water partition coefficient (Wildman–Crippen LogP) is 2.87. The molecule has 7 nitrogen and oxygen atoms in total. The van der Waals surface area contributed by atoms with Crippen LogP contribution >= 0.6 is 0 Å². The molecule has 0 atom stereocenters. The van der Waals surface area contributed by atoms with Crippen LogP contribution < -0.4 is 5.32 Å². The van der Waals surface area contributed by atoms with Crippen molar-refractivity contribution in [1.82, 2.24) is 9.21 Å². The van der Waals surface area contributed by atoms with Crippen molar-refractivity contribution in [2.45, 2.75) is 17.7 Å². The van der Waals surface area contributed by atoms with Gasteiger partial charge in [-0.3, -0.25) is 9.59 Å². The number of sulfonamides is 1. The van der Waals surface area contributed by atoms with Gasteiger partial charge in [0.2, 0.25) is 15.9 Å². The van der Waals surface area contributed by atoms with Crippen molar-refractivity contribution in [3.8, 4) is 0 Å². The topological polar surface area (TPSA) is 86.8 Å². The van der Waals surface area contributed by atoms with E-state index >= 15 is 0 Å². The summed E-state index contributed by atoms with van der Waals surface area (Å²) in [4.78, 5) is 26.4. The van der Waals surface area contributed by atoms with Crippen LogP contribution in [0.3, 0.4) is 0 Å². The average molecular weight is 450 g/mol. The van der Waals surface area contributed by atoms with Crippen LogP contribution in [-0.2, 0) is 21.2 Å². The van der Waals surface area contributed by atoms with Crippen LogP contribution in [0.2, 0.25) is 0 Å². The van der Waals surface area contributed by atoms with E-state index in [9.17, 15) is 18.0 Å². The van der Waals surface area contributed by atoms with Gasteiger partial charge in [0.05, 0.1) is 4.90 Å². The molecule has 0 unspecified atom stereocenters. The zero-order chi connectivity index (χ0) is 22.3. The second kappa shape index (κ2) is 8.03. The monoisotopic (exact) mass is 449 g/mol. The van der Waals surface area contributed by atoms with Crippen LogP contribution in [0.5, 0.6) is 0 Å². The minimum Gasteiger partial charge on any atom is -0.336 e. The molecule has 0 aromatic heterocycles. The van der Waals surface area contributed by atoms with Gasteiger partial charge in [0.1, 0.15) is 0 Å². The number of amides is 2. The average Bonchev–Trinajstić information content (AvgIpc) is 2.83. The number of hydrogen-bond donors (Lipinski definition) is 1. The number of anilines is 1. The maximum Gasteiger partial charge on any atom is 0.253 e. The number of aryl methyl sites for hydroxylation is 1. The van der Waals surface area contributed by atoms with Crippen molar-refractivity contribution in [3.05, 3.63) is 71.8 Å². The molecule has 8 heteroatoms. The predicted molar refractivity (Wildman–Crippen MR) is 122 cm³/mol. The third-order valence-corrected chi connectivity index (χ3v) is 8.03. The van der Waals surface area contributed by atoms with Crippen LogP contribution in [0.4, 0.5) is 5.69 Å². The molecule has 2 heterocycles. The maximum absolute atomic E-state index is 13.2. The molecule has 5 rings (SSSR count). The molecule has 2 aliphatic heterocycles. The Kier molecular flexibility index (Phi) is 5.19. The van der Waals surface area contributed by atoms with E-state index in [1.54, 1.807) is 17.0 Å². The Morgan fingerprint density at radius 2 is 1.59 bits per heavy atom. The standard InChI is InChI=1S/C24H23N3O4S/c28-23-10-7-19-16-21(8-9-22(19)25-23)32(30,31)27-13-11-26(12-14-27)24(29)20-6-5-17-3-1-2-4-18(17)15-20/h1-6,8-9,15-16H,7,10-14H2,(H,25,28). The fourth-order valence-electron chi connectivity index (χ4n) is 4.31. The third-order valence-electron chi connectivity index (χ3n) is 6.13. The molecule has 2 aliphatic rings. The highest BCUT2D eigenvalue weighted by Gasteiger charge is 2.31. The summed E-state index contributed by atoms with van der Waals surface area (Å²) >= 11 is 0. The van der Waals surface area contributed by atoms with Gasteiger partial charge in [-0.05, 0) is 53.1 Å². The molecule has 32 heavy (non-hydrogen) atoms. The second-order valence-electron chi connectivity index (χ2n) is 8.13. The normalized spacial score (nSPS) is 17.1. The molecule has 0 saturated carbocycles. The molecule has 0 spiro atoms. The number of carbonyl (C=O) groups is 2. The highest BCUT2D eigenvalue weighted by Crippen LogP contribution is 2.27. The highest BCUT2D eigenvalue weighted by atomic mass is 32.2. The van der Waals surface area contributed by atoms with Gasteiger partial charge in [-0.2, -0.15) is 4.31 Å². The summed E-state index contributed by atoms with van der Waals surface area (Å²) in [6.07, 6.45) is 0.880. The smallest absolute Gasteiger partial charge is 0.253 e. The lowest BCUT2D eigenvalue weighted by atomic mass is 10.0. The summed E-state index contributed by atoms with van der Waals surface area (Å²) in [5.41, 5.74) is 2.11. The Bertz CT molecular complexity index is 1330. The fourth-order valence-corrected chi connectivity index (χ4v) is 5.78. The Hall–Kier alpha value is -3.23. The Morgan fingerprint density at radius 1 is 0.844 bits per heavy atom. The van der Waals surface area contributed by atoms with E-state index in [-0.39, 0.29) is 29.8 Å². The summed E-state index contributed by atoms with van der Waals surface area (Å²) < 4.78 is 27.8. The van der Waals surface area contributed by atoms with Gasteiger partial charge in [-0.1, -0.05) is 30.3 Å². The van der Waals surface area contributed by atoms with Crippen molar-refractivity contribution in [1.29, 1.82) is 0 Å². The number of rotatable bonds is 3. The first kappa shape index (κ1) is 20.7. The van der Waals surface area contributed by atoms with Gasteiger partial charge in [-0.15, -0.1) is 0 Å². The first-order valence-corrected chi connectivity index (χ1v) is 12.1. The number of hydrogen-bond acceptors (Lipinski definition) is 4. The van der Waals surface area contributed by atoms with Crippen molar-refractivity contribution in [2.75, 3.05) is 31.5 Å². The lowest BCUT2D eigenvalue weighted by Gasteiger charge is -2.34. The number of carbonyl (C=O) groups excluding carboxylic acids is 2. The SMILES string of the molecule is O=C1CCc2cc(S(=O)(=O)N3CCN(C(=O)c4ccc5ccccc5c4)CC3)ccc2N1. The summed E-state index contributed by atoms with van der Waals surface area (Å²) in [5, 5.41) is 4.85. The molecular formula is C24H23N3O4S. The second-order valence-corrected chi connectivity index (χ2v) is 10.1. The molecule has 1 saturated heterocycles. The number of piperazine rings is 1. The molecule has 0 bridgehead atoms. The lowest BCUT2D eigenvalue weighted by molar-refractivity contribution is -0.116. The fraction of sp³-hybridized carbons (Fsp3) is 0.250. The van der Waals surface area contributed by atoms with E-state index in [2.05, 4.69) is 5.32 Å². The Balaban J connectivity index is 1.29. The molecule has 164 valence electrons. The van der Waals surface area contributed by atoms with Crippen LogP contribution in [0.25, 0.3) is 10.8 Å². The van der Waals surface area contributed by atoms with E-state index in [0.717, 1.165) is 16.3 Å². The first-order chi connectivity index (χ1) is 15.4. The summed E-state index contributed by atoms with van der Waals surface area (Å²) in [7, 11) is -3.67. The van der Waals surface area contributed by atoms with Crippen LogP contribution in [0.15, 0.2) is 65.6 Å². The largest absolute Gasteiger partial charge is 0.336 e. The quantitative estimate of drug-likeness (QED) is 0.666. The van der Waals surface area contributed by atoms with Gasteiger partial charge in [0.25, 0.3) is 5.91 Å². The molecule has 3 aromatic carbocycles. The summed E-state index contributed by atoms with van der Waals surface area (Å²) in [5.74, 6) is -0.141. The molecule has 1 N–H and O–H groups in total. The van der Waals surface area contributed by atoms with E-state index in [4.69, 9.17) is 0 Å². The van der Waals surface area contributed by atoms with Crippen molar-refractivity contribution in [3.63, 3.8) is 0 Å². The number of nitrogens with one attached hydrogen (secondary N) is 1. The molecule has 1 fully saturated rings. The molecular weight excluding hydrogens is 426 g/mol. The van der Waals surface area contributed by atoms with E-state index < -0.39 is 10.0 Å². The molecule has 2 amide bonds. The first-order valence-electron chi connectivity index (χ1n) is 10.6. The maximum atomic E-state index is 13.2. The summed E-state index contributed by atoms with van der Waals surface area (Å²) in [6, 6.07) is 18.3. The summed E-state index contributed by atoms with van der Waals surface area (Å²) in [6.45, 7) is 1.17. The lowest BCUT2D eigenvalue weighted by Crippen LogP contribution is -2.50. The molecule has 0 aliphatic carbocycles. The molecule has 0 radical (unpaired) electrons. The van der Waals surface area contributed by atoms with Crippen molar-refractivity contribution in [2.24, 2.45) is 0 Å². The minimum absolute atomic E-state index is 0.0553. The van der Waals surface area contributed by atoms with Gasteiger partial charge in [0, 0.05) is 43.9 Å². The zero-order valence-electron chi connectivity index (χ0n) is 17.5. The van der Waals surface area contributed by atoms with Crippen LogP contribution in [0, 0.1) is 0 Å².